The topological polar surface area (TPSA) is 108 Å². The highest BCUT2D eigenvalue weighted by Crippen LogP contribution is 2.03. The molecule has 0 rings (SSSR count). The lowest BCUT2D eigenvalue weighted by Gasteiger charge is -2.26. The Morgan fingerprint density at radius 2 is 2.00 bits per heavy atom. The minimum atomic E-state index is -2.30. The van der Waals surface area contributed by atoms with Crippen LogP contribution in [0.2, 0.25) is 0 Å². The lowest BCUT2D eigenvalue weighted by molar-refractivity contribution is -0.185. The summed E-state index contributed by atoms with van der Waals surface area (Å²) in [6, 6.07) is 0. The lowest BCUT2D eigenvalue weighted by Crippen LogP contribution is -2.64. The Kier molecular flexibility index (Phi) is 5.17. The van der Waals surface area contributed by atoms with Crippen LogP contribution in [0, 0.1) is 0 Å². The summed E-state index contributed by atoms with van der Waals surface area (Å²) in [4.78, 5) is 33.0. The number of nitrogens with two attached hydrogens (primary N) is 1. The fourth-order valence-electron chi connectivity index (χ4n) is 0.848. The van der Waals surface area contributed by atoms with Gasteiger partial charge >= 0.3 is 17.8 Å². The Morgan fingerprint density at radius 3 is 2.38 bits per heavy atom. The fraction of sp³-hybridized carbons (Fsp3) is 0.444. The zero-order chi connectivity index (χ0) is 12.8. The van der Waals surface area contributed by atoms with Crippen molar-refractivity contribution in [3.8, 4) is 0 Å². The van der Waals surface area contributed by atoms with Crippen LogP contribution in [0.25, 0.3) is 0 Å². The summed E-state index contributed by atoms with van der Waals surface area (Å²) in [5.41, 5.74) is 5.40. The zero-order valence-electron chi connectivity index (χ0n) is 9.11. The van der Waals surface area contributed by atoms with Crippen LogP contribution in [0.3, 0.4) is 0 Å². The van der Waals surface area contributed by atoms with Gasteiger partial charge in [0.1, 0.15) is 6.61 Å². The molecule has 0 spiro atoms. The molecule has 7 heteroatoms. The molecule has 1 amide bonds. The molecule has 0 aromatic carbocycles. The van der Waals surface area contributed by atoms with Crippen LogP contribution in [0.4, 0.5) is 0 Å². The van der Waals surface area contributed by atoms with E-state index in [0.29, 0.717) is 0 Å². The van der Waals surface area contributed by atoms with Gasteiger partial charge in [0.2, 0.25) is 5.91 Å². The molecule has 0 saturated heterocycles. The summed E-state index contributed by atoms with van der Waals surface area (Å²) < 4.78 is 9.09. The van der Waals surface area contributed by atoms with Gasteiger partial charge in [-0.1, -0.05) is 12.7 Å². The molecule has 0 bridgehead atoms. The van der Waals surface area contributed by atoms with E-state index in [1.54, 1.807) is 0 Å². The molecule has 0 aromatic rings. The van der Waals surface area contributed by atoms with Gasteiger partial charge in [-0.2, -0.15) is 0 Å². The third kappa shape index (κ3) is 4.56. The van der Waals surface area contributed by atoms with E-state index in [1.165, 1.54) is 6.08 Å². The number of rotatable bonds is 5. The monoisotopic (exact) mass is 230 g/mol. The number of esters is 2. The van der Waals surface area contributed by atoms with Crippen LogP contribution in [0.1, 0.15) is 13.8 Å². The van der Waals surface area contributed by atoms with Gasteiger partial charge < -0.3 is 9.47 Å². The predicted molar refractivity (Wildman–Crippen MR) is 53.7 cm³/mol. The number of ether oxygens (including phenoxy) is 2. The average Bonchev–Trinajstić information content (AvgIpc) is 2.11. The van der Waals surface area contributed by atoms with Crippen LogP contribution >= 0.6 is 0 Å². The van der Waals surface area contributed by atoms with Gasteiger partial charge in [-0.25, -0.2) is 4.79 Å². The van der Waals surface area contributed by atoms with Gasteiger partial charge in [-0.05, 0) is 0 Å². The molecular formula is C9H14N2O5. The van der Waals surface area contributed by atoms with Crippen molar-refractivity contribution >= 4 is 17.8 Å². The molecule has 90 valence electrons. The van der Waals surface area contributed by atoms with Crippen molar-refractivity contribution in [2.75, 3.05) is 6.61 Å². The molecule has 0 fully saturated rings. The van der Waals surface area contributed by atoms with Crippen molar-refractivity contribution in [2.24, 2.45) is 5.73 Å². The molecule has 0 heterocycles. The van der Waals surface area contributed by atoms with Crippen molar-refractivity contribution in [3.63, 3.8) is 0 Å². The second-order valence-electron chi connectivity index (χ2n) is 2.90. The van der Waals surface area contributed by atoms with Crippen molar-refractivity contribution in [1.29, 1.82) is 0 Å². The normalized spacial score (nSPS) is 13.2. The van der Waals surface area contributed by atoms with Gasteiger partial charge in [0.05, 0.1) is 0 Å². The molecule has 3 N–H and O–H groups in total. The number of nitrogens with one attached hydrogen (secondary N) is 1. The number of carbonyl (C=O) groups is 3. The molecule has 0 saturated carbocycles. The Morgan fingerprint density at radius 1 is 1.44 bits per heavy atom. The summed E-state index contributed by atoms with van der Waals surface area (Å²) in [5.74, 6) is -4.86. The first kappa shape index (κ1) is 14.1. The average molecular weight is 230 g/mol. The maximum Gasteiger partial charge on any atom is 0.389 e. The summed E-state index contributed by atoms with van der Waals surface area (Å²) in [5, 5.41) is 1.98. The Balaban J connectivity index is 4.75. The lowest BCUT2D eigenvalue weighted by atomic mass is 10.4. The van der Waals surface area contributed by atoms with E-state index in [9.17, 15) is 14.4 Å². The van der Waals surface area contributed by atoms with Gasteiger partial charge in [0.25, 0.3) is 0 Å². The van der Waals surface area contributed by atoms with Crippen LogP contribution < -0.4 is 11.1 Å². The molecule has 1 unspecified atom stereocenters. The summed E-state index contributed by atoms with van der Waals surface area (Å²) >= 11 is 0. The number of hydrogen-bond donors (Lipinski definition) is 2. The minimum absolute atomic E-state index is 0.112. The largest absolute Gasteiger partial charge is 0.456 e. The van der Waals surface area contributed by atoms with Crippen LogP contribution in [0.5, 0.6) is 0 Å². The molecule has 0 aliphatic rings. The molecule has 7 nitrogen and oxygen atoms in total. The quantitative estimate of drug-likeness (QED) is 0.357. The van der Waals surface area contributed by atoms with Gasteiger partial charge in [0, 0.05) is 13.8 Å². The predicted octanol–water partition coefficient (Wildman–Crippen LogP) is -0.973. The van der Waals surface area contributed by atoms with Crippen LogP contribution in [0.15, 0.2) is 12.7 Å². The Bertz CT molecular complexity index is 297. The number of carbonyl (C=O) groups excluding carboxylic acids is 3. The molecule has 1 atom stereocenters. The Hall–Kier alpha value is -1.89. The number of hydrogen-bond acceptors (Lipinski definition) is 6. The van der Waals surface area contributed by atoms with E-state index in [0.717, 1.165) is 13.8 Å². The van der Waals surface area contributed by atoms with Gasteiger partial charge in [-0.15, -0.1) is 0 Å². The highest BCUT2D eigenvalue weighted by Gasteiger charge is 2.40. The zero-order valence-corrected chi connectivity index (χ0v) is 9.11. The second-order valence-corrected chi connectivity index (χ2v) is 2.90. The smallest absolute Gasteiger partial charge is 0.389 e. The first-order chi connectivity index (χ1) is 7.31. The van der Waals surface area contributed by atoms with E-state index in [4.69, 9.17) is 5.73 Å². The maximum atomic E-state index is 11.4. The van der Waals surface area contributed by atoms with Crippen molar-refractivity contribution in [3.05, 3.63) is 12.7 Å². The third-order valence-corrected chi connectivity index (χ3v) is 1.30. The fourth-order valence-corrected chi connectivity index (χ4v) is 0.848. The summed E-state index contributed by atoms with van der Waals surface area (Å²) in [7, 11) is 0. The molecular weight excluding hydrogens is 216 g/mol. The second kappa shape index (κ2) is 5.86. The highest BCUT2D eigenvalue weighted by molar-refractivity contribution is 5.87. The van der Waals surface area contributed by atoms with Gasteiger partial charge in [-0.3, -0.25) is 20.6 Å². The third-order valence-electron chi connectivity index (χ3n) is 1.30. The number of amides is 1. The molecule has 0 aliphatic carbocycles. The van der Waals surface area contributed by atoms with E-state index in [2.05, 4.69) is 16.1 Å². The highest BCUT2D eigenvalue weighted by atomic mass is 16.6. The van der Waals surface area contributed by atoms with Crippen LogP contribution in [-0.4, -0.2) is 30.3 Å². The van der Waals surface area contributed by atoms with E-state index in [-0.39, 0.29) is 6.61 Å². The first-order valence-electron chi connectivity index (χ1n) is 4.37. The molecule has 16 heavy (non-hydrogen) atoms. The van der Waals surface area contributed by atoms with Crippen LogP contribution in [-0.2, 0) is 23.9 Å². The van der Waals surface area contributed by atoms with E-state index < -0.39 is 23.7 Å². The van der Waals surface area contributed by atoms with E-state index >= 15 is 0 Å². The SMILES string of the molecule is C=CCOC(=O)C(N)(NC(C)=O)OC(C)=O. The summed E-state index contributed by atoms with van der Waals surface area (Å²) in [6.07, 6.45) is 1.31. The van der Waals surface area contributed by atoms with Crippen molar-refractivity contribution < 1.29 is 23.9 Å². The minimum Gasteiger partial charge on any atom is -0.456 e. The maximum absolute atomic E-state index is 11.4. The standard InChI is InChI=1S/C9H14N2O5/c1-4-5-15-8(14)9(10,11-6(2)12)16-7(3)13/h4H,1,5,10H2,2-3H3,(H,11,12). The Labute approximate surface area is 92.6 Å². The van der Waals surface area contributed by atoms with Crippen molar-refractivity contribution in [2.45, 2.75) is 19.7 Å². The summed E-state index contributed by atoms with van der Waals surface area (Å²) in [6.45, 7) is 5.37. The molecule has 0 aliphatic heterocycles. The van der Waals surface area contributed by atoms with E-state index in [1.807, 2.05) is 5.32 Å². The molecule has 0 radical (unpaired) electrons. The first-order valence-corrected chi connectivity index (χ1v) is 4.37. The van der Waals surface area contributed by atoms with Gasteiger partial charge in [0.15, 0.2) is 0 Å². The molecule has 0 aromatic heterocycles. The van der Waals surface area contributed by atoms with Crippen molar-refractivity contribution in [1.82, 2.24) is 5.32 Å².